The molecule has 1 unspecified atom stereocenters. The molecular formula is C57H84O6. The third-order valence-corrected chi connectivity index (χ3v) is 9.12. The summed E-state index contributed by atoms with van der Waals surface area (Å²) >= 11 is 0. The Morgan fingerprint density at radius 1 is 0.333 bits per heavy atom. The van der Waals surface area contributed by atoms with E-state index >= 15 is 0 Å². The first kappa shape index (κ1) is 58.0. The van der Waals surface area contributed by atoms with Gasteiger partial charge in [-0.25, -0.2) is 0 Å². The van der Waals surface area contributed by atoms with E-state index in [9.17, 15) is 14.4 Å². The Morgan fingerprint density at radius 3 is 1.21 bits per heavy atom. The van der Waals surface area contributed by atoms with Crippen LogP contribution >= 0.6 is 0 Å². The maximum atomic E-state index is 12.8. The van der Waals surface area contributed by atoms with Gasteiger partial charge in [-0.05, 0) is 103 Å². The number of unbranched alkanes of at least 4 members (excludes halogenated alkanes) is 6. The van der Waals surface area contributed by atoms with Gasteiger partial charge in [-0.3, -0.25) is 14.4 Å². The van der Waals surface area contributed by atoms with Crippen molar-refractivity contribution in [2.75, 3.05) is 13.2 Å². The molecule has 348 valence electrons. The van der Waals surface area contributed by atoms with Crippen LogP contribution in [-0.2, 0) is 28.6 Å². The van der Waals surface area contributed by atoms with Crippen molar-refractivity contribution in [3.05, 3.63) is 158 Å². The van der Waals surface area contributed by atoms with Gasteiger partial charge in [0, 0.05) is 19.3 Å². The molecule has 0 saturated heterocycles. The molecule has 0 aliphatic rings. The Bertz CT molecular complexity index is 1510. The Balaban J connectivity index is 4.62. The highest BCUT2D eigenvalue weighted by molar-refractivity contribution is 5.71. The molecule has 0 aromatic heterocycles. The van der Waals surface area contributed by atoms with Gasteiger partial charge >= 0.3 is 17.9 Å². The molecule has 0 aromatic rings. The van der Waals surface area contributed by atoms with Crippen LogP contribution in [0.15, 0.2) is 158 Å². The second kappa shape index (κ2) is 49.7. The van der Waals surface area contributed by atoms with Crippen molar-refractivity contribution < 1.29 is 28.6 Å². The fourth-order valence-corrected chi connectivity index (χ4v) is 5.62. The van der Waals surface area contributed by atoms with Crippen LogP contribution < -0.4 is 0 Å². The highest BCUT2D eigenvalue weighted by atomic mass is 16.6. The predicted molar refractivity (Wildman–Crippen MR) is 269 cm³/mol. The van der Waals surface area contributed by atoms with Crippen LogP contribution in [0.5, 0.6) is 0 Å². The van der Waals surface area contributed by atoms with E-state index in [1.165, 1.54) is 0 Å². The number of hydrogen-bond acceptors (Lipinski definition) is 6. The van der Waals surface area contributed by atoms with E-state index < -0.39 is 6.10 Å². The van der Waals surface area contributed by atoms with E-state index in [2.05, 4.69) is 136 Å². The number of ether oxygens (including phenoxy) is 3. The lowest BCUT2D eigenvalue weighted by atomic mass is 10.1. The SMILES string of the molecule is CC\C=C/C=C\C=C/C=C\CCCCCCCC(=O)OC(COC(=O)CC/C=C\C/C=C\C/C=C\C/C=C\C/C=C\C/C=C\CC)COC(=O)CCC/C=C\C/C=C\C/C=C\CC. The summed E-state index contributed by atoms with van der Waals surface area (Å²) in [5, 5.41) is 0. The number of esters is 3. The van der Waals surface area contributed by atoms with Crippen LogP contribution in [0.2, 0.25) is 0 Å². The third-order valence-electron chi connectivity index (χ3n) is 9.12. The normalized spacial score (nSPS) is 13.5. The second-order valence-electron chi connectivity index (χ2n) is 15.0. The molecule has 0 radical (unpaired) electrons. The minimum Gasteiger partial charge on any atom is -0.462 e. The molecule has 0 bridgehead atoms. The fraction of sp³-hybridized carbons (Fsp3) is 0.491. The largest absolute Gasteiger partial charge is 0.462 e. The standard InChI is InChI=1S/C57H84O6/c1-4-7-10-13-16-19-22-24-26-27-28-29-31-32-35-38-41-44-47-50-56(59)62-53-54(52-61-55(58)49-46-43-40-37-34-21-18-15-12-9-6-3)63-57(60)51-48-45-42-39-36-33-30-25-23-20-17-14-11-8-5-2/h7-12,14,16-21,23-26,28-30,32,35,37,40-41,44,54H,4-6,13,15,22,27,31,33-34,36,38-39,42-43,45-53H2,1-3H3/b10-7-,11-8-,12-9-,17-14-,19-16-,21-18-,23-20-,26-24-,29-28-,30-25-,35-32-,40-37-,44-41-. The number of carbonyl (C=O) groups excluding carboxylic acids is 3. The van der Waals surface area contributed by atoms with Gasteiger partial charge in [0.1, 0.15) is 13.2 Å². The lowest BCUT2D eigenvalue weighted by Crippen LogP contribution is -2.30. The van der Waals surface area contributed by atoms with Gasteiger partial charge < -0.3 is 14.2 Å². The van der Waals surface area contributed by atoms with Gasteiger partial charge in [-0.15, -0.1) is 0 Å². The van der Waals surface area contributed by atoms with Crippen LogP contribution in [0.4, 0.5) is 0 Å². The zero-order valence-electron chi connectivity index (χ0n) is 39.5. The molecule has 0 rings (SSSR count). The Labute approximate surface area is 384 Å². The molecular weight excluding hydrogens is 781 g/mol. The van der Waals surface area contributed by atoms with Crippen LogP contribution in [0.1, 0.15) is 162 Å². The van der Waals surface area contributed by atoms with Crippen LogP contribution in [0.3, 0.4) is 0 Å². The molecule has 6 heteroatoms. The number of allylic oxidation sites excluding steroid dienone is 26. The average molecular weight is 865 g/mol. The van der Waals surface area contributed by atoms with E-state index in [0.717, 1.165) is 103 Å². The van der Waals surface area contributed by atoms with Gasteiger partial charge in [-0.2, -0.15) is 0 Å². The lowest BCUT2D eigenvalue weighted by Gasteiger charge is -2.18. The van der Waals surface area contributed by atoms with E-state index in [1.807, 2.05) is 42.5 Å². The summed E-state index contributed by atoms with van der Waals surface area (Å²) in [7, 11) is 0. The maximum absolute atomic E-state index is 12.8. The first-order valence-electron chi connectivity index (χ1n) is 24.0. The summed E-state index contributed by atoms with van der Waals surface area (Å²) in [5.41, 5.74) is 0. The molecule has 0 aliphatic heterocycles. The summed E-state index contributed by atoms with van der Waals surface area (Å²) in [4.78, 5) is 37.8. The van der Waals surface area contributed by atoms with Crippen LogP contribution in [0, 0.1) is 0 Å². The molecule has 0 aromatic carbocycles. The minimum atomic E-state index is -0.848. The van der Waals surface area contributed by atoms with Crippen molar-refractivity contribution in [2.24, 2.45) is 0 Å². The van der Waals surface area contributed by atoms with Crippen LogP contribution in [0.25, 0.3) is 0 Å². The summed E-state index contributed by atoms with van der Waals surface area (Å²) in [5.74, 6) is -1.12. The molecule has 0 N–H and O–H groups in total. The topological polar surface area (TPSA) is 78.9 Å². The van der Waals surface area contributed by atoms with Gasteiger partial charge in [0.05, 0.1) is 0 Å². The van der Waals surface area contributed by atoms with Crippen molar-refractivity contribution in [2.45, 2.75) is 168 Å². The minimum absolute atomic E-state index is 0.146. The number of carbonyl (C=O) groups is 3. The van der Waals surface area contributed by atoms with Gasteiger partial charge in [0.15, 0.2) is 6.10 Å². The van der Waals surface area contributed by atoms with Crippen molar-refractivity contribution in [3.8, 4) is 0 Å². The van der Waals surface area contributed by atoms with E-state index in [-0.39, 0.29) is 50.4 Å². The quantitative estimate of drug-likeness (QED) is 0.0201. The van der Waals surface area contributed by atoms with Crippen molar-refractivity contribution >= 4 is 17.9 Å². The predicted octanol–water partition coefficient (Wildman–Crippen LogP) is 15.9. The second-order valence-corrected chi connectivity index (χ2v) is 15.0. The molecule has 0 fully saturated rings. The van der Waals surface area contributed by atoms with Gasteiger partial charge in [0.25, 0.3) is 0 Å². The Hall–Kier alpha value is -4.97. The lowest BCUT2D eigenvalue weighted by molar-refractivity contribution is -0.166. The van der Waals surface area contributed by atoms with E-state index in [4.69, 9.17) is 14.2 Å². The van der Waals surface area contributed by atoms with Gasteiger partial charge in [0.2, 0.25) is 0 Å². The van der Waals surface area contributed by atoms with Gasteiger partial charge in [-0.1, -0.05) is 198 Å². The fourth-order valence-electron chi connectivity index (χ4n) is 5.62. The van der Waals surface area contributed by atoms with Crippen LogP contribution in [-0.4, -0.2) is 37.2 Å². The number of hydrogen-bond donors (Lipinski definition) is 0. The van der Waals surface area contributed by atoms with E-state index in [1.54, 1.807) is 0 Å². The van der Waals surface area contributed by atoms with Crippen molar-refractivity contribution in [1.82, 2.24) is 0 Å². The highest BCUT2D eigenvalue weighted by Gasteiger charge is 2.19. The summed E-state index contributed by atoms with van der Waals surface area (Å²) in [6.45, 7) is 6.09. The molecule has 0 aliphatic carbocycles. The molecule has 0 amide bonds. The molecule has 0 heterocycles. The maximum Gasteiger partial charge on any atom is 0.306 e. The summed E-state index contributed by atoms with van der Waals surface area (Å²) < 4.78 is 16.6. The highest BCUT2D eigenvalue weighted by Crippen LogP contribution is 2.11. The zero-order chi connectivity index (χ0) is 45.8. The first-order chi connectivity index (χ1) is 31.0. The zero-order valence-corrected chi connectivity index (χ0v) is 39.5. The Kier molecular flexibility index (Phi) is 45.8. The monoisotopic (exact) mass is 865 g/mol. The number of rotatable bonds is 40. The van der Waals surface area contributed by atoms with Crippen molar-refractivity contribution in [3.63, 3.8) is 0 Å². The molecule has 63 heavy (non-hydrogen) atoms. The summed E-state index contributed by atoms with van der Waals surface area (Å²) in [6, 6.07) is 0. The molecule has 0 saturated carbocycles. The molecule has 6 nitrogen and oxygen atoms in total. The van der Waals surface area contributed by atoms with Crippen molar-refractivity contribution in [1.29, 1.82) is 0 Å². The Morgan fingerprint density at radius 2 is 0.698 bits per heavy atom. The average Bonchev–Trinajstić information content (AvgIpc) is 3.28. The van der Waals surface area contributed by atoms with E-state index in [0.29, 0.717) is 19.3 Å². The smallest absolute Gasteiger partial charge is 0.306 e. The molecule has 0 spiro atoms. The first-order valence-corrected chi connectivity index (χ1v) is 24.0. The summed E-state index contributed by atoms with van der Waals surface area (Å²) in [6.07, 6.45) is 72.5. The molecule has 1 atom stereocenters. The third kappa shape index (κ3) is 47.9.